The topological polar surface area (TPSA) is 106 Å². The lowest BCUT2D eigenvalue weighted by Crippen LogP contribution is -2.41. The smallest absolute Gasteiger partial charge is 0.258 e. The van der Waals surface area contributed by atoms with Crippen molar-refractivity contribution in [3.8, 4) is 5.69 Å². The van der Waals surface area contributed by atoms with Crippen LogP contribution in [-0.4, -0.2) is 39.7 Å². The molecule has 1 aromatic carbocycles. The Bertz CT molecular complexity index is 1000. The third-order valence-electron chi connectivity index (χ3n) is 5.02. The Kier molecular flexibility index (Phi) is 5.24. The van der Waals surface area contributed by atoms with Crippen LogP contribution in [0.25, 0.3) is 5.69 Å². The van der Waals surface area contributed by atoms with Crippen LogP contribution in [0.5, 0.6) is 0 Å². The van der Waals surface area contributed by atoms with Crippen LogP contribution in [-0.2, 0) is 4.79 Å². The van der Waals surface area contributed by atoms with Gasteiger partial charge in [-0.05, 0) is 37.1 Å². The Morgan fingerprint density at radius 1 is 1.10 bits per heavy atom. The van der Waals surface area contributed by atoms with E-state index in [-0.39, 0.29) is 17.7 Å². The Morgan fingerprint density at radius 3 is 2.66 bits per heavy atom. The summed E-state index contributed by atoms with van der Waals surface area (Å²) in [4.78, 5) is 30.4. The van der Waals surface area contributed by atoms with E-state index in [0.717, 1.165) is 30.9 Å². The number of hydrogen-bond acceptors (Lipinski definition) is 5. The minimum absolute atomic E-state index is 0.147. The Labute approximate surface area is 168 Å². The van der Waals surface area contributed by atoms with Crippen molar-refractivity contribution in [2.75, 3.05) is 23.3 Å². The van der Waals surface area contributed by atoms with E-state index < -0.39 is 0 Å². The highest BCUT2D eigenvalue weighted by Gasteiger charge is 2.24. The maximum Gasteiger partial charge on any atom is 0.258 e. The molecule has 1 aliphatic rings. The van der Waals surface area contributed by atoms with E-state index in [1.165, 1.54) is 6.20 Å². The SMILES string of the molecule is NC(=O)C1CCCN(c2ccc(NC(=O)c3cnn(-c4ccccc4)c3)cn2)C1. The number of nitrogens with one attached hydrogen (secondary N) is 1. The number of aromatic nitrogens is 3. The van der Waals surface area contributed by atoms with Gasteiger partial charge in [-0.15, -0.1) is 0 Å². The number of primary amides is 1. The van der Waals surface area contributed by atoms with Gasteiger partial charge in [0.25, 0.3) is 5.91 Å². The summed E-state index contributed by atoms with van der Waals surface area (Å²) in [7, 11) is 0. The van der Waals surface area contributed by atoms with Crippen LogP contribution in [0.15, 0.2) is 61.1 Å². The molecule has 0 bridgehead atoms. The minimum Gasteiger partial charge on any atom is -0.369 e. The van der Waals surface area contributed by atoms with E-state index in [4.69, 9.17) is 5.73 Å². The first-order valence-corrected chi connectivity index (χ1v) is 9.52. The zero-order valence-corrected chi connectivity index (χ0v) is 15.9. The van der Waals surface area contributed by atoms with Gasteiger partial charge in [0.1, 0.15) is 5.82 Å². The lowest BCUT2D eigenvalue weighted by Gasteiger charge is -2.32. The number of para-hydroxylation sites is 1. The van der Waals surface area contributed by atoms with Crippen LogP contribution in [0.3, 0.4) is 0 Å². The first-order valence-electron chi connectivity index (χ1n) is 9.52. The zero-order chi connectivity index (χ0) is 20.2. The van der Waals surface area contributed by atoms with Crippen LogP contribution < -0.4 is 16.0 Å². The molecule has 2 aromatic heterocycles. The second-order valence-electron chi connectivity index (χ2n) is 7.06. The summed E-state index contributed by atoms with van der Waals surface area (Å²) in [5, 5.41) is 7.07. The Hall–Kier alpha value is -3.68. The first kappa shape index (κ1) is 18.7. The zero-order valence-electron chi connectivity index (χ0n) is 15.9. The first-order chi connectivity index (χ1) is 14.1. The number of carbonyl (C=O) groups is 2. The van der Waals surface area contributed by atoms with Gasteiger partial charge in [-0.1, -0.05) is 18.2 Å². The second kappa shape index (κ2) is 8.14. The molecule has 3 aromatic rings. The molecule has 1 aliphatic heterocycles. The summed E-state index contributed by atoms with van der Waals surface area (Å²) >= 11 is 0. The van der Waals surface area contributed by atoms with Gasteiger partial charge in [0.05, 0.1) is 35.2 Å². The van der Waals surface area contributed by atoms with Gasteiger partial charge < -0.3 is 16.0 Å². The van der Waals surface area contributed by atoms with E-state index in [1.54, 1.807) is 23.1 Å². The number of carbonyl (C=O) groups excluding carboxylic acids is 2. The molecule has 148 valence electrons. The predicted octanol–water partition coefficient (Wildman–Crippen LogP) is 2.22. The summed E-state index contributed by atoms with van der Waals surface area (Å²) < 4.78 is 1.65. The highest BCUT2D eigenvalue weighted by Crippen LogP contribution is 2.22. The third-order valence-corrected chi connectivity index (χ3v) is 5.02. The van der Waals surface area contributed by atoms with Crippen molar-refractivity contribution >= 4 is 23.3 Å². The second-order valence-corrected chi connectivity index (χ2v) is 7.06. The summed E-state index contributed by atoms with van der Waals surface area (Å²) in [6, 6.07) is 13.2. The van der Waals surface area contributed by atoms with Gasteiger partial charge in [-0.25, -0.2) is 9.67 Å². The van der Waals surface area contributed by atoms with E-state index in [0.29, 0.717) is 17.8 Å². The summed E-state index contributed by atoms with van der Waals surface area (Å²) in [5.41, 5.74) is 7.37. The van der Waals surface area contributed by atoms with E-state index in [1.807, 2.05) is 36.4 Å². The van der Waals surface area contributed by atoms with Gasteiger partial charge in [0.2, 0.25) is 5.91 Å². The predicted molar refractivity (Wildman–Crippen MR) is 110 cm³/mol. The molecule has 0 aliphatic carbocycles. The van der Waals surface area contributed by atoms with Crippen LogP contribution in [0.4, 0.5) is 11.5 Å². The van der Waals surface area contributed by atoms with Crippen molar-refractivity contribution in [3.05, 3.63) is 66.6 Å². The molecule has 1 fully saturated rings. The van der Waals surface area contributed by atoms with Crippen molar-refractivity contribution in [1.82, 2.24) is 14.8 Å². The number of anilines is 2. The van der Waals surface area contributed by atoms with Crippen LogP contribution in [0.1, 0.15) is 23.2 Å². The normalized spacial score (nSPS) is 16.4. The minimum atomic E-state index is -0.269. The highest BCUT2D eigenvalue weighted by molar-refractivity contribution is 6.03. The van der Waals surface area contributed by atoms with Gasteiger partial charge in [0, 0.05) is 19.3 Å². The Morgan fingerprint density at radius 2 is 1.93 bits per heavy atom. The molecule has 8 nitrogen and oxygen atoms in total. The largest absolute Gasteiger partial charge is 0.369 e. The van der Waals surface area contributed by atoms with Crippen LogP contribution >= 0.6 is 0 Å². The maximum absolute atomic E-state index is 12.5. The van der Waals surface area contributed by atoms with Gasteiger partial charge in [-0.3, -0.25) is 9.59 Å². The third kappa shape index (κ3) is 4.26. The number of nitrogens with two attached hydrogens (primary N) is 1. The number of rotatable bonds is 5. The summed E-state index contributed by atoms with van der Waals surface area (Å²) in [6.07, 6.45) is 6.55. The maximum atomic E-state index is 12.5. The van der Waals surface area contributed by atoms with Crippen molar-refractivity contribution in [2.24, 2.45) is 11.7 Å². The summed E-state index contributed by atoms with van der Waals surface area (Å²) in [5.74, 6) is 0.0973. The number of hydrogen-bond donors (Lipinski definition) is 2. The molecule has 1 atom stereocenters. The van der Waals surface area contributed by atoms with Crippen LogP contribution in [0.2, 0.25) is 0 Å². The lowest BCUT2D eigenvalue weighted by atomic mass is 9.97. The number of nitrogens with zero attached hydrogens (tertiary/aromatic N) is 4. The average molecular weight is 390 g/mol. The van der Waals surface area contributed by atoms with Crippen LogP contribution in [0, 0.1) is 5.92 Å². The number of amides is 2. The van der Waals surface area contributed by atoms with Gasteiger partial charge >= 0.3 is 0 Å². The quantitative estimate of drug-likeness (QED) is 0.695. The fourth-order valence-electron chi connectivity index (χ4n) is 3.43. The monoisotopic (exact) mass is 390 g/mol. The lowest BCUT2D eigenvalue weighted by molar-refractivity contribution is -0.122. The average Bonchev–Trinajstić information content (AvgIpc) is 3.25. The fraction of sp³-hybridized carbons (Fsp3) is 0.238. The molecule has 0 saturated carbocycles. The molecule has 4 rings (SSSR count). The van der Waals surface area contributed by atoms with Crippen molar-refractivity contribution in [2.45, 2.75) is 12.8 Å². The molecule has 1 unspecified atom stereocenters. The summed E-state index contributed by atoms with van der Waals surface area (Å²) in [6.45, 7) is 1.41. The van der Waals surface area contributed by atoms with E-state index in [9.17, 15) is 9.59 Å². The molecule has 3 N–H and O–H groups in total. The molecular weight excluding hydrogens is 368 g/mol. The number of benzene rings is 1. The number of pyridine rings is 1. The fourth-order valence-corrected chi connectivity index (χ4v) is 3.43. The molecule has 0 radical (unpaired) electrons. The van der Waals surface area contributed by atoms with Crippen molar-refractivity contribution < 1.29 is 9.59 Å². The molecule has 2 amide bonds. The molecule has 8 heteroatoms. The van der Waals surface area contributed by atoms with Gasteiger partial charge in [-0.2, -0.15) is 5.10 Å². The molecular formula is C21H22N6O2. The number of piperidine rings is 1. The molecule has 0 spiro atoms. The standard InChI is InChI=1S/C21H22N6O2/c22-20(28)15-5-4-10-26(13-15)19-9-8-17(12-23-19)25-21(29)16-11-24-27(14-16)18-6-2-1-3-7-18/h1-3,6-9,11-12,14-15H,4-5,10,13H2,(H2,22,28)(H,25,29). The Balaban J connectivity index is 1.41. The van der Waals surface area contributed by atoms with Crippen molar-refractivity contribution in [3.63, 3.8) is 0 Å². The molecule has 1 saturated heterocycles. The molecule has 29 heavy (non-hydrogen) atoms. The van der Waals surface area contributed by atoms with E-state index in [2.05, 4.69) is 20.3 Å². The molecule has 3 heterocycles. The van der Waals surface area contributed by atoms with E-state index >= 15 is 0 Å². The highest BCUT2D eigenvalue weighted by atomic mass is 16.2. The van der Waals surface area contributed by atoms with Crippen molar-refractivity contribution in [1.29, 1.82) is 0 Å². The van der Waals surface area contributed by atoms with Gasteiger partial charge in [0.15, 0.2) is 0 Å².